The SMILES string of the molecule is C=CCCCn1c2c(sc1=N)CCCC2. The summed E-state index contributed by atoms with van der Waals surface area (Å²) in [5.74, 6) is 0. The van der Waals surface area contributed by atoms with Crippen molar-refractivity contribution in [3.8, 4) is 0 Å². The Kier molecular flexibility index (Phi) is 3.41. The summed E-state index contributed by atoms with van der Waals surface area (Å²) in [7, 11) is 0. The Labute approximate surface area is 94.8 Å². The highest BCUT2D eigenvalue weighted by molar-refractivity contribution is 7.09. The van der Waals surface area contributed by atoms with E-state index in [0.29, 0.717) is 0 Å². The van der Waals surface area contributed by atoms with E-state index in [1.165, 1.54) is 36.3 Å². The molecule has 0 fully saturated rings. The Balaban J connectivity index is 2.18. The molecule has 15 heavy (non-hydrogen) atoms. The third-order valence-electron chi connectivity index (χ3n) is 2.97. The van der Waals surface area contributed by atoms with Gasteiger partial charge in [-0.1, -0.05) is 6.08 Å². The number of aryl methyl sites for hydroxylation is 1. The third-order valence-corrected chi connectivity index (χ3v) is 4.07. The van der Waals surface area contributed by atoms with Gasteiger partial charge >= 0.3 is 0 Å². The fraction of sp³-hybridized carbons (Fsp3) is 0.583. The van der Waals surface area contributed by atoms with E-state index >= 15 is 0 Å². The van der Waals surface area contributed by atoms with Crippen molar-refractivity contribution in [3.05, 3.63) is 28.0 Å². The zero-order valence-electron chi connectivity index (χ0n) is 9.09. The number of hydrogen-bond acceptors (Lipinski definition) is 2. The fourth-order valence-corrected chi connectivity index (χ4v) is 3.30. The summed E-state index contributed by atoms with van der Waals surface area (Å²) < 4.78 is 2.21. The molecule has 0 amide bonds. The molecule has 0 atom stereocenters. The summed E-state index contributed by atoms with van der Waals surface area (Å²) in [4.78, 5) is 2.20. The van der Waals surface area contributed by atoms with Crippen LogP contribution in [0.25, 0.3) is 0 Å². The van der Waals surface area contributed by atoms with Crippen LogP contribution in [0.1, 0.15) is 36.3 Å². The van der Waals surface area contributed by atoms with Gasteiger partial charge in [-0.2, -0.15) is 0 Å². The van der Waals surface area contributed by atoms with Crippen molar-refractivity contribution < 1.29 is 0 Å². The largest absolute Gasteiger partial charge is 0.321 e. The maximum absolute atomic E-state index is 7.96. The lowest BCUT2D eigenvalue weighted by atomic mass is 10.0. The monoisotopic (exact) mass is 222 g/mol. The zero-order chi connectivity index (χ0) is 10.7. The van der Waals surface area contributed by atoms with Crippen molar-refractivity contribution >= 4 is 11.3 Å². The molecule has 0 spiro atoms. The Bertz CT molecular complexity index is 400. The summed E-state index contributed by atoms with van der Waals surface area (Å²) >= 11 is 1.68. The second kappa shape index (κ2) is 4.79. The molecule has 2 rings (SSSR count). The van der Waals surface area contributed by atoms with Gasteiger partial charge in [0.25, 0.3) is 0 Å². The van der Waals surface area contributed by atoms with Crippen molar-refractivity contribution in [3.63, 3.8) is 0 Å². The summed E-state index contributed by atoms with van der Waals surface area (Å²) in [6.45, 7) is 4.73. The third kappa shape index (κ3) is 2.23. The molecule has 1 N–H and O–H groups in total. The van der Waals surface area contributed by atoms with E-state index in [0.717, 1.165) is 24.2 Å². The molecule has 0 saturated heterocycles. The molecule has 0 bridgehead atoms. The smallest absolute Gasteiger partial charge is 0.182 e. The Morgan fingerprint density at radius 2 is 2.20 bits per heavy atom. The van der Waals surface area contributed by atoms with Crippen molar-refractivity contribution in [2.75, 3.05) is 0 Å². The van der Waals surface area contributed by atoms with Crippen LogP contribution >= 0.6 is 11.3 Å². The Morgan fingerprint density at radius 1 is 1.40 bits per heavy atom. The van der Waals surface area contributed by atoms with Gasteiger partial charge < -0.3 is 4.57 Å². The van der Waals surface area contributed by atoms with Gasteiger partial charge in [-0.05, 0) is 38.5 Å². The summed E-state index contributed by atoms with van der Waals surface area (Å²) in [5, 5.41) is 7.96. The maximum atomic E-state index is 7.96. The number of hydrogen-bond donors (Lipinski definition) is 1. The van der Waals surface area contributed by atoms with Crippen LogP contribution in [0, 0.1) is 5.41 Å². The molecular formula is C12H18N2S. The zero-order valence-corrected chi connectivity index (χ0v) is 9.91. The molecule has 0 unspecified atom stereocenters. The number of aromatic nitrogens is 1. The van der Waals surface area contributed by atoms with E-state index in [1.54, 1.807) is 11.3 Å². The predicted molar refractivity (Wildman–Crippen MR) is 64.2 cm³/mol. The quantitative estimate of drug-likeness (QED) is 0.599. The molecule has 1 heterocycles. The first-order chi connectivity index (χ1) is 7.33. The number of fused-ring (bicyclic) bond motifs is 1. The second-order valence-electron chi connectivity index (χ2n) is 4.07. The number of allylic oxidation sites excluding steroid dienone is 1. The maximum Gasteiger partial charge on any atom is 0.182 e. The molecule has 2 nitrogen and oxygen atoms in total. The predicted octanol–water partition coefficient (Wildman–Crippen LogP) is 2.87. The standard InChI is InChI=1S/C12H18N2S/c1-2-3-6-9-14-10-7-4-5-8-11(10)15-12(14)13/h2,13H,1,3-9H2. The topological polar surface area (TPSA) is 28.8 Å². The van der Waals surface area contributed by atoms with Crippen molar-refractivity contribution in [2.45, 2.75) is 45.1 Å². The normalized spacial score (nSPS) is 14.9. The minimum absolute atomic E-state index is 0.742. The van der Waals surface area contributed by atoms with Crippen LogP contribution in [-0.2, 0) is 19.4 Å². The van der Waals surface area contributed by atoms with Crippen LogP contribution in [0.3, 0.4) is 0 Å². The van der Waals surface area contributed by atoms with Gasteiger partial charge in [0.15, 0.2) is 4.80 Å². The highest BCUT2D eigenvalue weighted by Gasteiger charge is 2.15. The number of rotatable bonds is 4. The van der Waals surface area contributed by atoms with E-state index in [2.05, 4.69) is 11.1 Å². The summed E-state index contributed by atoms with van der Waals surface area (Å²) in [6, 6.07) is 0. The number of nitrogens with zero attached hydrogens (tertiary/aromatic N) is 1. The molecule has 0 radical (unpaired) electrons. The van der Waals surface area contributed by atoms with Crippen LogP contribution in [0.2, 0.25) is 0 Å². The minimum Gasteiger partial charge on any atom is -0.321 e. The molecule has 1 aromatic rings. The van der Waals surface area contributed by atoms with Gasteiger partial charge in [0.05, 0.1) is 0 Å². The molecule has 1 aliphatic rings. The lowest BCUT2D eigenvalue weighted by molar-refractivity contribution is 0.568. The summed E-state index contributed by atoms with van der Waals surface area (Å²) in [5.41, 5.74) is 1.44. The first kappa shape index (κ1) is 10.7. The van der Waals surface area contributed by atoms with Gasteiger partial charge in [-0.15, -0.1) is 17.9 Å². The minimum atomic E-state index is 0.742. The van der Waals surface area contributed by atoms with E-state index in [-0.39, 0.29) is 0 Å². The molecule has 82 valence electrons. The van der Waals surface area contributed by atoms with E-state index in [9.17, 15) is 0 Å². The lowest BCUT2D eigenvalue weighted by Gasteiger charge is -2.13. The highest BCUT2D eigenvalue weighted by atomic mass is 32.1. The molecular weight excluding hydrogens is 204 g/mol. The average Bonchev–Trinajstić information content (AvgIpc) is 2.56. The van der Waals surface area contributed by atoms with Crippen molar-refractivity contribution in [2.24, 2.45) is 0 Å². The Hall–Kier alpha value is -0.830. The van der Waals surface area contributed by atoms with Crippen LogP contribution in [0.15, 0.2) is 12.7 Å². The fourth-order valence-electron chi connectivity index (χ4n) is 2.18. The first-order valence-corrected chi connectivity index (χ1v) is 6.51. The van der Waals surface area contributed by atoms with Crippen LogP contribution in [0.5, 0.6) is 0 Å². The molecule has 1 aliphatic carbocycles. The first-order valence-electron chi connectivity index (χ1n) is 5.70. The average molecular weight is 222 g/mol. The van der Waals surface area contributed by atoms with Crippen LogP contribution < -0.4 is 4.80 Å². The molecule has 3 heteroatoms. The lowest BCUT2D eigenvalue weighted by Crippen LogP contribution is -2.17. The van der Waals surface area contributed by atoms with Gasteiger partial charge in [-0.3, -0.25) is 5.41 Å². The molecule has 0 aliphatic heterocycles. The van der Waals surface area contributed by atoms with Gasteiger partial charge in [-0.25, -0.2) is 0 Å². The number of unbranched alkanes of at least 4 members (excludes halogenated alkanes) is 1. The highest BCUT2D eigenvalue weighted by Crippen LogP contribution is 2.23. The van der Waals surface area contributed by atoms with Crippen molar-refractivity contribution in [1.82, 2.24) is 4.57 Å². The van der Waals surface area contributed by atoms with E-state index < -0.39 is 0 Å². The van der Waals surface area contributed by atoms with E-state index in [1.807, 2.05) is 6.08 Å². The molecule has 0 aromatic carbocycles. The van der Waals surface area contributed by atoms with Gasteiger partial charge in [0, 0.05) is 17.1 Å². The van der Waals surface area contributed by atoms with Crippen LogP contribution in [0.4, 0.5) is 0 Å². The molecule has 1 aromatic heterocycles. The Morgan fingerprint density at radius 3 is 3.00 bits per heavy atom. The van der Waals surface area contributed by atoms with Gasteiger partial charge in [0.1, 0.15) is 0 Å². The van der Waals surface area contributed by atoms with E-state index in [4.69, 9.17) is 5.41 Å². The van der Waals surface area contributed by atoms with Crippen LogP contribution in [-0.4, -0.2) is 4.57 Å². The molecule has 0 saturated carbocycles. The van der Waals surface area contributed by atoms with Crippen molar-refractivity contribution in [1.29, 1.82) is 5.41 Å². The summed E-state index contributed by atoms with van der Waals surface area (Å²) in [6.07, 6.45) is 9.10. The second-order valence-corrected chi connectivity index (χ2v) is 5.15. The number of nitrogens with one attached hydrogen (secondary N) is 1. The number of thiazole rings is 1. The van der Waals surface area contributed by atoms with Gasteiger partial charge in [0.2, 0.25) is 0 Å².